The van der Waals surface area contributed by atoms with Crippen molar-refractivity contribution in [2.45, 2.75) is 443 Å². The van der Waals surface area contributed by atoms with E-state index in [1.807, 2.05) is 6.08 Å². The van der Waals surface area contributed by atoms with Gasteiger partial charge in [-0.1, -0.05) is 398 Å². The van der Waals surface area contributed by atoms with Gasteiger partial charge in [-0.15, -0.1) is 0 Å². The second-order valence-electron chi connectivity index (χ2n) is 26.0. The van der Waals surface area contributed by atoms with Crippen molar-refractivity contribution < 1.29 is 24.5 Å². The molecular weight excluding hydrogens is 995 g/mol. The van der Waals surface area contributed by atoms with Crippen LogP contribution in [0.5, 0.6) is 0 Å². The molecule has 482 valence electrons. The Morgan fingerprint density at radius 3 is 0.840 bits per heavy atom. The van der Waals surface area contributed by atoms with E-state index in [0.717, 1.165) is 38.5 Å². The van der Waals surface area contributed by atoms with E-state index in [1.54, 1.807) is 6.08 Å². The summed E-state index contributed by atoms with van der Waals surface area (Å²) in [7, 11) is 0. The molecule has 0 heterocycles. The van der Waals surface area contributed by atoms with Crippen molar-refractivity contribution in [3.05, 3.63) is 12.2 Å². The number of aliphatic hydroxyl groups is 2. The van der Waals surface area contributed by atoms with Crippen LogP contribution in [0, 0.1) is 0 Å². The first-order valence-corrected chi connectivity index (χ1v) is 37.5. The predicted octanol–water partition coefficient (Wildman–Crippen LogP) is 24.3. The minimum atomic E-state index is -0.837. The zero-order valence-electron chi connectivity index (χ0n) is 55.3. The number of hydrogen-bond acceptors (Lipinski definition) is 5. The summed E-state index contributed by atoms with van der Waals surface area (Å²) in [4.78, 5) is 24.5. The Labute approximate surface area is 508 Å². The number of aliphatic hydroxyl groups excluding tert-OH is 2. The molecule has 6 nitrogen and oxygen atoms in total. The van der Waals surface area contributed by atoms with Gasteiger partial charge in [-0.3, -0.25) is 9.59 Å². The molecule has 0 aliphatic heterocycles. The topological polar surface area (TPSA) is 95.9 Å². The molecular formula is C75H147NO5. The van der Waals surface area contributed by atoms with Gasteiger partial charge in [0.15, 0.2) is 0 Å². The fourth-order valence-corrected chi connectivity index (χ4v) is 12.1. The van der Waals surface area contributed by atoms with Crippen LogP contribution in [0.3, 0.4) is 0 Å². The SMILES string of the molecule is CCCCCCCCC/C=C/C(O)C(CO)NC(=O)CCCCCCCCCCCCCCCCCCCCCCCCCCCCCCCCCCCCCCCOC(=O)CCCCCCCCCCCCCCCCCCCC. The zero-order valence-corrected chi connectivity index (χ0v) is 55.3. The molecule has 0 radical (unpaired) electrons. The second kappa shape index (κ2) is 71.1. The van der Waals surface area contributed by atoms with Gasteiger partial charge < -0.3 is 20.3 Å². The molecule has 1 amide bonds. The molecule has 0 bridgehead atoms. The van der Waals surface area contributed by atoms with Crippen LogP contribution in [0.1, 0.15) is 431 Å². The first kappa shape index (κ1) is 79.6. The molecule has 6 heteroatoms. The number of carbonyl (C=O) groups is 2. The van der Waals surface area contributed by atoms with E-state index >= 15 is 0 Å². The van der Waals surface area contributed by atoms with Crippen LogP contribution in [-0.2, 0) is 14.3 Å². The van der Waals surface area contributed by atoms with Crippen LogP contribution in [0.15, 0.2) is 12.2 Å². The molecule has 0 aromatic carbocycles. The molecule has 2 atom stereocenters. The van der Waals surface area contributed by atoms with Gasteiger partial charge in [-0.25, -0.2) is 0 Å². The fourth-order valence-electron chi connectivity index (χ4n) is 12.1. The van der Waals surface area contributed by atoms with Crippen molar-refractivity contribution >= 4 is 11.9 Å². The Bertz CT molecular complexity index is 1220. The van der Waals surface area contributed by atoms with Crippen molar-refractivity contribution in [3.63, 3.8) is 0 Å². The quantitative estimate of drug-likeness (QED) is 0.0320. The number of esters is 1. The van der Waals surface area contributed by atoms with E-state index in [4.69, 9.17) is 4.74 Å². The zero-order chi connectivity index (χ0) is 58.5. The van der Waals surface area contributed by atoms with Crippen molar-refractivity contribution in [3.8, 4) is 0 Å². The van der Waals surface area contributed by atoms with Crippen LogP contribution in [-0.4, -0.2) is 47.4 Å². The van der Waals surface area contributed by atoms with Crippen LogP contribution in [0.25, 0.3) is 0 Å². The number of amides is 1. The van der Waals surface area contributed by atoms with E-state index < -0.39 is 12.1 Å². The van der Waals surface area contributed by atoms with Gasteiger partial charge in [0.05, 0.1) is 25.4 Å². The average molecular weight is 1140 g/mol. The summed E-state index contributed by atoms with van der Waals surface area (Å²) < 4.78 is 5.52. The highest BCUT2D eigenvalue weighted by Gasteiger charge is 2.18. The second-order valence-corrected chi connectivity index (χ2v) is 26.0. The first-order valence-electron chi connectivity index (χ1n) is 37.5. The lowest BCUT2D eigenvalue weighted by Crippen LogP contribution is -2.45. The molecule has 0 aliphatic rings. The van der Waals surface area contributed by atoms with Gasteiger partial charge in [-0.05, 0) is 32.1 Å². The number of allylic oxidation sites excluding steroid dienone is 1. The highest BCUT2D eigenvalue weighted by molar-refractivity contribution is 5.76. The molecule has 0 spiro atoms. The van der Waals surface area contributed by atoms with Gasteiger partial charge >= 0.3 is 5.97 Å². The predicted molar refractivity (Wildman–Crippen MR) is 357 cm³/mol. The van der Waals surface area contributed by atoms with Crippen molar-refractivity contribution in [1.29, 1.82) is 0 Å². The average Bonchev–Trinajstić information content (AvgIpc) is 3.47. The smallest absolute Gasteiger partial charge is 0.305 e. The van der Waals surface area contributed by atoms with Gasteiger partial charge in [0, 0.05) is 12.8 Å². The highest BCUT2D eigenvalue weighted by Crippen LogP contribution is 2.20. The van der Waals surface area contributed by atoms with Gasteiger partial charge in [0.2, 0.25) is 5.91 Å². The van der Waals surface area contributed by atoms with E-state index in [9.17, 15) is 19.8 Å². The van der Waals surface area contributed by atoms with Crippen molar-refractivity contribution in [2.24, 2.45) is 0 Å². The van der Waals surface area contributed by atoms with E-state index in [-0.39, 0.29) is 18.5 Å². The summed E-state index contributed by atoms with van der Waals surface area (Å²) in [5, 5.41) is 23.0. The van der Waals surface area contributed by atoms with Crippen molar-refractivity contribution in [2.75, 3.05) is 13.2 Å². The highest BCUT2D eigenvalue weighted by atomic mass is 16.5. The standard InChI is InChI=1S/C75H147NO5/c1-3-5-7-9-11-13-14-15-16-17-40-43-46-49-53-57-61-65-69-75(80)81-70-66-62-58-54-50-47-44-41-38-36-34-32-30-28-26-24-22-20-18-19-21-23-25-27-29-31-33-35-37-39-42-45-48-52-56-60-64-68-74(79)76-72(71-77)73(78)67-63-59-55-51-12-10-8-6-4-2/h63,67,72-73,77-78H,3-62,64-66,68-71H2,1-2H3,(H,76,79)/b67-63+. The third kappa shape index (κ3) is 67.6. The van der Waals surface area contributed by atoms with Crippen LogP contribution >= 0.6 is 0 Å². The molecule has 0 rings (SSSR count). The third-order valence-electron chi connectivity index (χ3n) is 17.8. The normalized spacial score (nSPS) is 12.5. The maximum atomic E-state index is 12.4. The molecule has 81 heavy (non-hydrogen) atoms. The summed E-state index contributed by atoms with van der Waals surface area (Å²) in [6, 6.07) is -0.620. The molecule has 3 N–H and O–H groups in total. The number of carbonyl (C=O) groups excluding carboxylic acids is 2. The van der Waals surface area contributed by atoms with Crippen molar-refractivity contribution in [1.82, 2.24) is 5.32 Å². The molecule has 0 saturated heterocycles. The Hall–Kier alpha value is -1.40. The van der Waals surface area contributed by atoms with Gasteiger partial charge in [0.25, 0.3) is 0 Å². The number of rotatable bonds is 71. The Kier molecular flexibility index (Phi) is 69.9. The van der Waals surface area contributed by atoms with Gasteiger partial charge in [-0.2, -0.15) is 0 Å². The lowest BCUT2D eigenvalue weighted by molar-refractivity contribution is -0.143. The number of nitrogens with one attached hydrogen (secondary N) is 1. The Balaban J connectivity index is 3.25. The summed E-state index contributed by atoms with van der Waals surface area (Å²) in [5.41, 5.74) is 0. The lowest BCUT2D eigenvalue weighted by Gasteiger charge is -2.20. The lowest BCUT2D eigenvalue weighted by atomic mass is 10.0. The Morgan fingerprint density at radius 2 is 0.568 bits per heavy atom. The maximum absolute atomic E-state index is 12.4. The largest absolute Gasteiger partial charge is 0.466 e. The van der Waals surface area contributed by atoms with E-state index in [2.05, 4.69) is 19.2 Å². The van der Waals surface area contributed by atoms with Crippen LogP contribution in [0.4, 0.5) is 0 Å². The van der Waals surface area contributed by atoms with E-state index in [0.29, 0.717) is 19.4 Å². The molecule has 0 fully saturated rings. The molecule has 0 aromatic rings. The fraction of sp³-hybridized carbons (Fsp3) is 0.947. The number of unbranched alkanes of at least 4 members (excludes halogenated alkanes) is 60. The molecule has 0 aliphatic carbocycles. The minimum absolute atomic E-state index is 0.0285. The summed E-state index contributed by atoms with van der Waals surface area (Å²) in [6.07, 6.45) is 89.2. The Morgan fingerprint density at radius 1 is 0.333 bits per heavy atom. The first-order chi connectivity index (χ1) is 40.0. The monoisotopic (exact) mass is 1140 g/mol. The minimum Gasteiger partial charge on any atom is -0.466 e. The van der Waals surface area contributed by atoms with E-state index in [1.165, 1.54) is 366 Å². The summed E-state index contributed by atoms with van der Waals surface area (Å²) in [5.74, 6) is -0.0343. The van der Waals surface area contributed by atoms with Gasteiger partial charge in [0.1, 0.15) is 0 Å². The van der Waals surface area contributed by atoms with Crippen LogP contribution in [0.2, 0.25) is 0 Å². The molecule has 0 aromatic heterocycles. The maximum Gasteiger partial charge on any atom is 0.305 e. The molecule has 2 unspecified atom stereocenters. The van der Waals surface area contributed by atoms with Crippen LogP contribution < -0.4 is 5.32 Å². The number of hydrogen-bond donors (Lipinski definition) is 3. The summed E-state index contributed by atoms with van der Waals surface area (Å²) in [6.45, 7) is 4.92. The molecule has 0 saturated carbocycles. The summed E-state index contributed by atoms with van der Waals surface area (Å²) >= 11 is 0. The number of ether oxygens (including phenoxy) is 1. The third-order valence-corrected chi connectivity index (χ3v) is 17.8.